The van der Waals surface area contributed by atoms with Crippen LogP contribution in [0.1, 0.15) is 6.92 Å². The first-order chi connectivity index (χ1) is 8.45. The van der Waals surface area contributed by atoms with Crippen molar-refractivity contribution < 1.29 is 19.1 Å². The van der Waals surface area contributed by atoms with Crippen LogP contribution in [0, 0.1) is 5.92 Å². The summed E-state index contributed by atoms with van der Waals surface area (Å²) in [5, 5.41) is 2.46. The molecule has 0 spiro atoms. The van der Waals surface area contributed by atoms with Gasteiger partial charge in [-0.05, 0) is 7.05 Å². The second-order valence-electron chi connectivity index (χ2n) is 4.39. The number of carbonyl (C=O) groups is 3. The summed E-state index contributed by atoms with van der Waals surface area (Å²) in [4.78, 5) is 36.9. The van der Waals surface area contributed by atoms with Gasteiger partial charge in [0.05, 0.1) is 19.6 Å². The number of methoxy groups -OCH3 is 1. The van der Waals surface area contributed by atoms with Gasteiger partial charge in [-0.2, -0.15) is 0 Å². The van der Waals surface area contributed by atoms with Gasteiger partial charge in [0.15, 0.2) is 0 Å². The lowest BCUT2D eigenvalue weighted by atomic mass is 10.2. The summed E-state index contributed by atoms with van der Waals surface area (Å²) in [7, 11) is 3.18. The van der Waals surface area contributed by atoms with E-state index in [-0.39, 0.29) is 30.4 Å². The Morgan fingerprint density at radius 2 is 2.22 bits per heavy atom. The molecule has 1 N–H and O–H groups in total. The predicted molar refractivity (Wildman–Crippen MR) is 63.8 cm³/mol. The number of imide groups is 1. The zero-order chi connectivity index (χ0) is 13.7. The fourth-order valence-electron chi connectivity index (χ4n) is 1.79. The monoisotopic (exact) mass is 257 g/mol. The van der Waals surface area contributed by atoms with Crippen LogP contribution in [0.4, 0.5) is 4.79 Å². The lowest BCUT2D eigenvalue weighted by molar-refractivity contribution is -0.145. The second kappa shape index (κ2) is 6.34. The standard InChI is InChI=1S/C11H19N3O4/c1-8(10(16)18-3)7-13(2)4-5-14-9(15)6-12-11(14)17/h8H,4-7H2,1-3H3,(H,12,17). The third-order valence-electron chi connectivity index (χ3n) is 2.83. The molecule has 1 fully saturated rings. The first-order valence-corrected chi connectivity index (χ1v) is 5.80. The zero-order valence-electron chi connectivity index (χ0n) is 10.9. The van der Waals surface area contributed by atoms with Crippen LogP contribution < -0.4 is 5.32 Å². The van der Waals surface area contributed by atoms with Crippen LogP contribution >= 0.6 is 0 Å². The first-order valence-electron chi connectivity index (χ1n) is 5.80. The molecule has 0 radical (unpaired) electrons. The Morgan fingerprint density at radius 3 is 2.72 bits per heavy atom. The number of esters is 1. The number of carbonyl (C=O) groups excluding carboxylic acids is 3. The molecule has 1 atom stereocenters. The number of nitrogens with zero attached hydrogens (tertiary/aromatic N) is 2. The molecule has 1 saturated heterocycles. The lowest BCUT2D eigenvalue weighted by Crippen LogP contribution is -2.39. The van der Waals surface area contributed by atoms with E-state index in [9.17, 15) is 14.4 Å². The fourth-order valence-corrected chi connectivity index (χ4v) is 1.79. The smallest absolute Gasteiger partial charge is 0.324 e. The van der Waals surface area contributed by atoms with Gasteiger partial charge < -0.3 is 15.0 Å². The van der Waals surface area contributed by atoms with Crippen LogP contribution in [0.5, 0.6) is 0 Å². The highest BCUT2D eigenvalue weighted by Gasteiger charge is 2.28. The Labute approximate surface area is 106 Å². The van der Waals surface area contributed by atoms with E-state index in [0.717, 1.165) is 0 Å². The molecular formula is C11H19N3O4. The van der Waals surface area contributed by atoms with Crippen LogP contribution in [0.25, 0.3) is 0 Å². The van der Waals surface area contributed by atoms with Crippen LogP contribution in [-0.4, -0.2) is 68.0 Å². The van der Waals surface area contributed by atoms with Crippen LogP contribution in [0.15, 0.2) is 0 Å². The summed E-state index contributed by atoms with van der Waals surface area (Å²) in [6.45, 7) is 3.23. The normalized spacial score (nSPS) is 17.0. The summed E-state index contributed by atoms with van der Waals surface area (Å²) in [5.41, 5.74) is 0. The summed E-state index contributed by atoms with van der Waals surface area (Å²) < 4.78 is 4.63. The predicted octanol–water partition coefficient (Wildman–Crippen LogP) is -0.721. The largest absolute Gasteiger partial charge is 0.469 e. The Bertz CT molecular complexity index is 329. The lowest BCUT2D eigenvalue weighted by Gasteiger charge is -2.22. The maximum absolute atomic E-state index is 11.3. The molecule has 18 heavy (non-hydrogen) atoms. The van der Waals surface area contributed by atoms with E-state index in [1.807, 2.05) is 11.9 Å². The van der Waals surface area contributed by atoms with E-state index in [1.54, 1.807) is 6.92 Å². The van der Waals surface area contributed by atoms with Gasteiger partial charge in [-0.3, -0.25) is 14.5 Å². The Kier molecular flexibility index (Phi) is 5.08. The number of urea groups is 1. The molecular weight excluding hydrogens is 238 g/mol. The Morgan fingerprint density at radius 1 is 1.56 bits per heavy atom. The minimum absolute atomic E-state index is 0.0705. The highest BCUT2D eigenvalue weighted by molar-refractivity contribution is 6.01. The number of amides is 3. The van der Waals surface area contributed by atoms with Crippen LogP contribution in [-0.2, 0) is 14.3 Å². The second-order valence-corrected chi connectivity index (χ2v) is 4.39. The molecule has 1 rings (SSSR count). The number of ether oxygens (including phenoxy) is 1. The average Bonchev–Trinajstić information content (AvgIpc) is 2.65. The van der Waals surface area contributed by atoms with Crippen molar-refractivity contribution in [3.63, 3.8) is 0 Å². The van der Waals surface area contributed by atoms with Gasteiger partial charge in [-0.25, -0.2) is 4.79 Å². The number of nitrogens with one attached hydrogen (secondary N) is 1. The molecule has 0 aliphatic carbocycles. The number of likely N-dealkylation sites (N-methyl/N-ethyl adjacent to an activating group) is 1. The molecule has 0 saturated carbocycles. The quantitative estimate of drug-likeness (QED) is 0.502. The van der Waals surface area contributed by atoms with Crippen molar-refractivity contribution in [1.29, 1.82) is 0 Å². The topological polar surface area (TPSA) is 79.0 Å². The summed E-state index contributed by atoms with van der Waals surface area (Å²) in [6.07, 6.45) is 0. The van der Waals surface area contributed by atoms with Gasteiger partial charge in [0.2, 0.25) is 5.91 Å². The van der Waals surface area contributed by atoms with Crippen molar-refractivity contribution in [2.75, 3.05) is 40.3 Å². The number of hydrogen-bond donors (Lipinski definition) is 1. The zero-order valence-corrected chi connectivity index (χ0v) is 10.9. The van der Waals surface area contributed by atoms with E-state index in [2.05, 4.69) is 10.1 Å². The molecule has 1 aliphatic heterocycles. The molecule has 1 heterocycles. The average molecular weight is 257 g/mol. The minimum atomic E-state index is -0.352. The van der Waals surface area contributed by atoms with Crippen molar-refractivity contribution in [3.05, 3.63) is 0 Å². The molecule has 7 heteroatoms. The van der Waals surface area contributed by atoms with Gasteiger partial charge in [-0.1, -0.05) is 6.92 Å². The highest BCUT2D eigenvalue weighted by Crippen LogP contribution is 2.03. The molecule has 3 amide bonds. The molecule has 0 aromatic heterocycles. The molecule has 102 valence electrons. The van der Waals surface area contributed by atoms with Gasteiger partial charge in [-0.15, -0.1) is 0 Å². The van der Waals surface area contributed by atoms with E-state index < -0.39 is 0 Å². The molecule has 0 aromatic carbocycles. The van der Waals surface area contributed by atoms with Gasteiger partial charge in [0.1, 0.15) is 0 Å². The van der Waals surface area contributed by atoms with Crippen molar-refractivity contribution in [3.8, 4) is 0 Å². The minimum Gasteiger partial charge on any atom is -0.469 e. The van der Waals surface area contributed by atoms with E-state index >= 15 is 0 Å². The molecule has 1 unspecified atom stereocenters. The van der Waals surface area contributed by atoms with Crippen molar-refractivity contribution in [1.82, 2.24) is 15.1 Å². The van der Waals surface area contributed by atoms with Crippen LogP contribution in [0.2, 0.25) is 0 Å². The first kappa shape index (κ1) is 14.4. The van der Waals surface area contributed by atoms with Crippen molar-refractivity contribution in [2.45, 2.75) is 6.92 Å². The van der Waals surface area contributed by atoms with Gasteiger partial charge in [0.25, 0.3) is 0 Å². The van der Waals surface area contributed by atoms with Gasteiger partial charge >= 0.3 is 12.0 Å². The van der Waals surface area contributed by atoms with Crippen molar-refractivity contribution in [2.24, 2.45) is 5.92 Å². The third-order valence-corrected chi connectivity index (χ3v) is 2.83. The van der Waals surface area contributed by atoms with Gasteiger partial charge in [0, 0.05) is 19.6 Å². The maximum atomic E-state index is 11.3. The van der Waals surface area contributed by atoms with Crippen LogP contribution in [0.3, 0.4) is 0 Å². The van der Waals surface area contributed by atoms with E-state index in [4.69, 9.17) is 0 Å². The molecule has 1 aliphatic rings. The van der Waals surface area contributed by atoms with Crippen molar-refractivity contribution >= 4 is 17.9 Å². The fraction of sp³-hybridized carbons (Fsp3) is 0.727. The highest BCUT2D eigenvalue weighted by atomic mass is 16.5. The Hall–Kier alpha value is -1.63. The summed E-state index contributed by atoms with van der Waals surface area (Å²) in [6, 6.07) is -0.352. The third kappa shape index (κ3) is 3.69. The number of hydrogen-bond acceptors (Lipinski definition) is 5. The maximum Gasteiger partial charge on any atom is 0.324 e. The van der Waals surface area contributed by atoms with E-state index in [1.165, 1.54) is 12.0 Å². The summed E-state index contributed by atoms with van der Waals surface area (Å²) in [5.74, 6) is -0.714. The Balaban J connectivity index is 2.32. The molecule has 0 bridgehead atoms. The molecule has 7 nitrogen and oxygen atoms in total. The number of rotatable bonds is 6. The van der Waals surface area contributed by atoms with E-state index in [0.29, 0.717) is 19.6 Å². The summed E-state index contributed by atoms with van der Waals surface area (Å²) >= 11 is 0. The molecule has 0 aromatic rings. The SMILES string of the molecule is COC(=O)C(C)CN(C)CCN1C(=O)CNC1=O.